The molecule has 0 atom stereocenters. The van der Waals surface area contributed by atoms with Crippen molar-refractivity contribution in [2.24, 2.45) is 5.73 Å². The molecule has 0 radical (unpaired) electrons. The van der Waals surface area contributed by atoms with Crippen LogP contribution in [0.15, 0.2) is 0 Å². The quantitative estimate of drug-likeness (QED) is 0.830. The van der Waals surface area contributed by atoms with Gasteiger partial charge in [-0.3, -0.25) is 0 Å². The lowest BCUT2D eigenvalue weighted by molar-refractivity contribution is 0.357. The maximum Gasteiger partial charge on any atom is 0.222 e. The summed E-state index contributed by atoms with van der Waals surface area (Å²) in [6.45, 7) is 1.99. The van der Waals surface area contributed by atoms with E-state index in [-0.39, 0.29) is 0 Å². The van der Waals surface area contributed by atoms with Crippen LogP contribution in [0, 0.1) is 0 Å². The Morgan fingerprint density at radius 1 is 1.00 bits per heavy atom. The van der Waals surface area contributed by atoms with Crippen LogP contribution < -0.4 is 16.4 Å². The molecule has 1 aromatic rings. The van der Waals surface area contributed by atoms with Crippen molar-refractivity contribution >= 4 is 11.8 Å². The molecule has 22 heavy (non-hydrogen) atoms. The average molecular weight is 301 g/mol. The van der Waals surface area contributed by atoms with Gasteiger partial charge in [-0.1, -0.05) is 12.8 Å². The van der Waals surface area contributed by atoms with Crippen molar-refractivity contribution in [3.8, 4) is 0 Å². The van der Waals surface area contributed by atoms with Crippen molar-refractivity contribution in [1.82, 2.24) is 9.97 Å². The molecule has 4 N–H and O–H groups in total. The largest absolute Gasteiger partial charge is 0.368 e. The van der Waals surface area contributed by atoms with Crippen LogP contribution in [0.5, 0.6) is 0 Å². The van der Waals surface area contributed by atoms with Gasteiger partial charge in [0.25, 0.3) is 0 Å². The van der Waals surface area contributed by atoms with E-state index in [0.717, 1.165) is 38.2 Å². The Kier molecular flexibility index (Phi) is 3.48. The number of hydrogen-bond donors (Lipinski definition) is 2. The number of piperidine rings is 1. The fourth-order valence-corrected chi connectivity index (χ4v) is 4.79. The van der Waals surface area contributed by atoms with E-state index in [4.69, 9.17) is 16.5 Å². The van der Waals surface area contributed by atoms with Crippen LogP contribution in [-0.4, -0.2) is 29.1 Å². The molecule has 1 saturated heterocycles. The van der Waals surface area contributed by atoms with Gasteiger partial charge in [-0.2, -0.15) is 4.98 Å². The van der Waals surface area contributed by atoms with Crippen LogP contribution >= 0.6 is 0 Å². The van der Waals surface area contributed by atoms with E-state index in [9.17, 15) is 0 Å². The minimum Gasteiger partial charge on any atom is -0.368 e. The van der Waals surface area contributed by atoms with Gasteiger partial charge in [0.1, 0.15) is 5.82 Å². The van der Waals surface area contributed by atoms with Crippen molar-refractivity contribution in [3.05, 3.63) is 11.3 Å². The lowest BCUT2D eigenvalue weighted by Gasteiger charge is -2.38. The minimum absolute atomic E-state index is 0.297. The zero-order chi connectivity index (χ0) is 15.2. The van der Waals surface area contributed by atoms with E-state index < -0.39 is 0 Å². The van der Waals surface area contributed by atoms with Crippen LogP contribution in [-0.2, 0) is 11.8 Å². The van der Waals surface area contributed by atoms with Gasteiger partial charge in [0.15, 0.2) is 0 Å². The summed E-state index contributed by atoms with van der Waals surface area (Å²) in [6, 6.07) is 0.340. The number of rotatable bonds is 1. The standard InChI is InChI=1S/C17H27N5/c18-12-5-10-22(11-6-12)15-13-4-3-9-17(7-1-2-8-17)14(13)20-16(19)21-15/h12H,1-11,18H2,(H2,19,20,21). The molecular formula is C17H27N5. The van der Waals surface area contributed by atoms with Crippen molar-refractivity contribution in [2.75, 3.05) is 23.7 Å². The molecule has 0 bridgehead atoms. The average Bonchev–Trinajstić information content (AvgIpc) is 2.98. The predicted octanol–water partition coefficient (Wildman–Crippen LogP) is 2.13. The summed E-state index contributed by atoms with van der Waals surface area (Å²) in [6.07, 6.45) is 11.0. The van der Waals surface area contributed by atoms with Gasteiger partial charge in [-0.15, -0.1) is 0 Å². The molecule has 4 rings (SSSR count). The smallest absolute Gasteiger partial charge is 0.222 e. The molecule has 5 nitrogen and oxygen atoms in total. The van der Waals surface area contributed by atoms with Crippen LogP contribution in [0.4, 0.5) is 11.8 Å². The SMILES string of the molecule is Nc1nc(N2CCC(N)CC2)c2c(n1)C1(CCCC1)CCC2. The Labute approximate surface area is 132 Å². The first kappa shape index (κ1) is 14.2. The van der Waals surface area contributed by atoms with Crippen molar-refractivity contribution < 1.29 is 0 Å². The van der Waals surface area contributed by atoms with Crippen LogP contribution in [0.25, 0.3) is 0 Å². The second-order valence-corrected chi connectivity index (χ2v) is 7.40. The lowest BCUT2D eigenvalue weighted by Crippen LogP contribution is -2.41. The van der Waals surface area contributed by atoms with E-state index in [2.05, 4.69) is 9.88 Å². The van der Waals surface area contributed by atoms with Gasteiger partial charge in [-0.25, -0.2) is 4.98 Å². The molecule has 1 aromatic heterocycles. The minimum atomic E-state index is 0.297. The third-order valence-corrected chi connectivity index (χ3v) is 5.99. The van der Waals surface area contributed by atoms with Crippen molar-refractivity contribution in [3.63, 3.8) is 0 Å². The highest BCUT2D eigenvalue weighted by molar-refractivity contribution is 5.55. The van der Waals surface area contributed by atoms with Crippen LogP contribution in [0.2, 0.25) is 0 Å². The van der Waals surface area contributed by atoms with E-state index in [1.807, 2.05) is 0 Å². The fraction of sp³-hybridized carbons (Fsp3) is 0.765. The second kappa shape index (κ2) is 5.37. The Hall–Kier alpha value is -1.36. The molecule has 0 amide bonds. The Bertz CT molecular complexity index is 556. The van der Waals surface area contributed by atoms with Gasteiger partial charge in [-0.05, 0) is 44.9 Å². The summed E-state index contributed by atoms with van der Waals surface area (Å²) >= 11 is 0. The number of nitrogens with two attached hydrogens (primary N) is 2. The maximum absolute atomic E-state index is 6.09. The number of hydrogen-bond acceptors (Lipinski definition) is 5. The summed E-state index contributed by atoms with van der Waals surface area (Å²) in [5.74, 6) is 1.57. The summed E-state index contributed by atoms with van der Waals surface area (Å²) in [5.41, 5.74) is 15.1. The van der Waals surface area contributed by atoms with E-state index in [0.29, 0.717) is 17.4 Å². The van der Waals surface area contributed by atoms with Gasteiger partial charge >= 0.3 is 0 Å². The van der Waals surface area contributed by atoms with E-state index >= 15 is 0 Å². The first-order chi connectivity index (χ1) is 10.7. The summed E-state index contributed by atoms with van der Waals surface area (Å²) in [4.78, 5) is 11.8. The summed E-state index contributed by atoms with van der Waals surface area (Å²) in [7, 11) is 0. The normalized spacial score (nSPS) is 24.7. The molecule has 1 spiro atoms. The molecular weight excluding hydrogens is 274 g/mol. The third-order valence-electron chi connectivity index (χ3n) is 5.99. The summed E-state index contributed by atoms with van der Waals surface area (Å²) in [5, 5.41) is 0. The maximum atomic E-state index is 6.09. The van der Waals surface area contributed by atoms with Gasteiger partial charge in [0.05, 0.1) is 5.69 Å². The highest BCUT2D eigenvalue weighted by Gasteiger charge is 2.42. The molecule has 2 aliphatic carbocycles. The fourth-order valence-electron chi connectivity index (χ4n) is 4.79. The van der Waals surface area contributed by atoms with Gasteiger partial charge in [0, 0.05) is 30.1 Å². The molecule has 1 aliphatic heterocycles. The molecule has 0 aromatic carbocycles. The monoisotopic (exact) mass is 301 g/mol. The predicted molar refractivity (Wildman–Crippen MR) is 89.0 cm³/mol. The van der Waals surface area contributed by atoms with Crippen molar-refractivity contribution in [1.29, 1.82) is 0 Å². The molecule has 3 aliphatic rings. The molecule has 2 fully saturated rings. The molecule has 120 valence electrons. The Balaban J connectivity index is 1.75. The molecule has 2 heterocycles. The van der Waals surface area contributed by atoms with Crippen molar-refractivity contribution in [2.45, 2.75) is 69.2 Å². The number of nitrogen functional groups attached to an aromatic ring is 1. The number of fused-ring (bicyclic) bond motifs is 2. The first-order valence-corrected chi connectivity index (χ1v) is 8.85. The molecule has 1 saturated carbocycles. The van der Waals surface area contributed by atoms with E-state index in [1.54, 1.807) is 0 Å². The van der Waals surface area contributed by atoms with Crippen LogP contribution in [0.1, 0.15) is 62.6 Å². The molecule has 5 heteroatoms. The Morgan fingerprint density at radius 2 is 1.68 bits per heavy atom. The number of nitrogens with zero attached hydrogens (tertiary/aromatic N) is 3. The zero-order valence-electron chi connectivity index (χ0n) is 13.4. The van der Waals surface area contributed by atoms with Crippen LogP contribution in [0.3, 0.4) is 0 Å². The highest BCUT2D eigenvalue weighted by Crippen LogP contribution is 2.49. The van der Waals surface area contributed by atoms with Gasteiger partial charge < -0.3 is 16.4 Å². The topological polar surface area (TPSA) is 81.1 Å². The lowest BCUT2D eigenvalue weighted by atomic mass is 9.71. The summed E-state index contributed by atoms with van der Waals surface area (Å²) < 4.78 is 0. The number of anilines is 2. The van der Waals surface area contributed by atoms with E-state index in [1.165, 1.54) is 49.8 Å². The molecule has 0 unspecified atom stereocenters. The second-order valence-electron chi connectivity index (χ2n) is 7.40. The number of aromatic nitrogens is 2. The third kappa shape index (κ3) is 2.26. The Morgan fingerprint density at radius 3 is 2.41 bits per heavy atom. The highest BCUT2D eigenvalue weighted by atomic mass is 15.2. The van der Waals surface area contributed by atoms with Gasteiger partial charge in [0.2, 0.25) is 5.95 Å². The first-order valence-electron chi connectivity index (χ1n) is 8.85. The zero-order valence-corrected chi connectivity index (χ0v) is 13.4.